The first kappa shape index (κ1) is 52.7. The minimum absolute atomic E-state index is 0.00292. The maximum atomic E-state index is 12.8. The van der Waals surface area contributed by atoms with Gasteiger partial charge in [-0.2, -0.15) is 0 Å². The molecule has 0 saturated carbocycles. The molecule has 4 nitrogen and oxygen atoms in total. The number of carboxylic acids is 1. The third-order valence-electron chi connectivity index (χ3n) is 11.5. The molecule has 1 N–H and O–H groups in total. The molecule has 0 bridgehead atoms. The maximum absolute atomic E-state index is 12.8. The maximum Gasteiger partial charge on any atom is 0.306 e. The Morgan fingerprint density at radius 3 is 1.02 bits per heavy atom. The average Bonchev–Trinajstić information content (AvgIpc) is 3.16. The Labute approximate surface area is 338 Å². The fraction of sp³-hybridized carbons (Fsp3) is 0.920. The van der Waals surface area contributed by atoms with Crippen molar-refractivity contribution in [2.45, 2.75) is 296 Å². The highest BCUT2D eigenvalue weighted by Crippen LogP contribution is 2.19. The first-order valence-corrected chi connectivity index (χ1v) is 24.7. The molecule has 0 heterocycles. The van der Waals surface area contributed by atoms with E-state index in [0.29, 0.717) is 6.42 Å². The highest BCUT2D eigenvalue weighted by Gasteiger charge is 2.14. The van der Waals surface area contributed by atoms with Gasteiger partial charge in [0.15, 0.2) is 0 Å². The van der Waals surface area contributed by atoms with Gasteiger partial charge in [0.1, 0.15) is 6.10 Å². The molecule has 0 aromatic rings. The van der Waals surface area contributed by atoms with Crippen molar-refractivity contribution in [3.63, 3.8) is 0 Å². The van der Waals surface area contributed by atoms with Crippen LogP contribution < -0.4 is 0 Å². The van der Waals surface area contributed by atoms with Gasteiger partial charge in [-0.1, -0.05) is 225 Å². The van der Waals surface area contributed by atoms with Crippen LogP contribution in [0.4, 0.5) is 0 Å². The SMILES string of the molecule is CCCCCCCCCC/C=C\CCCCCC(CCCCCCCC(=O)O)OC(=O)CCCCCCCCCCCCCCCCCCCCCCC. The predicted octanol–water partition coefficient (Wildman–Crippen LogP) is 17.4. The van der Waals surface area contributed by atoms with Crippen LogP contribution in [-0.4, -0.2) is 23.1 Å². The van der Waals surface area contributed by atoms with Crippen LogP contribution in [0.1, 0.15) is 290 Å². The lowest BCUT2D eigenvalue weighted by atomic mass is 10.0. The van der Waals surface area contributed by atoms with Crippen LogP contribution in [0.5, 0.6) is 0 Å². The summed E-state index contributed by atoms with van der Waals surface area (Å²) in [6.07, 6.45) is 58.4. The van der Waals surface area contributed by atoms with Crippen molar-refractivity contribution in [1.29, 1.82) is 0 Å². The van der Waals surface area contributed by atoms with E-state index in [1.807, 2.05) is 0 Å². The van der Waals surface area contributed by atoms with Gasteiger partial charge < -0.3 is 9.84 Å². The van der Waals surface area contributed by atoms with Gasteiger partial charge in [-0.3, -0.25) is 9.59 Å². The van der Waals surface area contributed by atoms with Crippen molar-refractivity contribution in [2.24, 2.45) is 0 Å². The summed E-state index contributed by atoms with van der Waals surface area (Å²) in [5.74, 6) is -0.695. The molecule has 1 atom stereocenters. The van der Waals surface area contributed by atoms with E-state index in [-0.39, 0.29) is 18.5 Å². The fourth-order valence-corrected chi connectivity index (χ4v) is 7.83. The van der Waals surface area contributed by atoms with Gasteiger partial charge in [-0.15, -0.1) is 0 Å². The summed E-state index contributed by atoms with van der Waals surface area (Å²) in [5.41, 5.74) is 0. The fourth-order valence-electron chi connectivity index (χ4n) is 7.83. The molecule has 0 radical (unpaired) electrons. The Bertz CT molecular complexity index is 777. The van der Waals surface area contributed by atoms with Gasteiger partial charge in [-0.05, 0) is 64.2 Å². The van der Waals surface area contributed by atoms with E-state index >= 15 is 0 Å². The molecule has 1 unspecified atom stereocenters. The smallest absolute Gasteiger partial charge is 0.306 e. The van der Waals surface area contributed by atoms with E-state index in [1.165, 1.54) is 193 Å². The van der Waals surface area contributed by atoms with E-state index in [2.05, 4.69) is 26.0 Å². The van der Waals surface area contributed by atoms with Gasteiger partial charge in [0.2, 0.25) is 0 Å². The van der Waals surface area contributed by atoms with Crippen molar-refractivity contribution in [3.05, 3.63) is 12.2 Å². The molecule has 320 valence electrons. The first-order chi connectivity index (χ1) is 26.6. The van der Waals surface area contributed by atoms with Crippen LogP contribution in [0.15, 0.2) is 12.2 Å². The summed E-state index contributed by atoms with van der Waals surface area (Å²) < 4.78 is 6.04. The third-order valence-corrected chi connectivity index (χ3v) is 11.5. The van der Waals surface area contributed by atoms with Gasteiger partial charge in [0.25, 0.3) is 0 Å². The van der Waals surface area contributed by atoms with Crippen molar-refractivity contribution in [1.82, 2.24) is 0 Å². The van der Waals surface area contributed by atoms with Crippen molar-refractivity contribution in [2.75, 3.05) is 0 Å². The number of carbonyl (C=O) groups is 2. The molecule has 0 fully saturated rings. The van der Waals surface area contributed by atoms with Crippen LogP contribution in [0.2, 0.25) is 0 Å². The lowest BCUT2D eigenvalue weighted by Gasteiger charge is -2.18. The second-order valence-corrected chi connectivity index (χ2v) is 17.0. The van der Waals surface area contributed by atoms with E-state index in [1.54, 1.807) is 0 Å². The molecule has 4 heteroatoms. The summed E-state index contributed by atoms with van der Waals surface area (Å²) >= 11 is 0. The van der Waals surface area contributed by atoms with E-state index < -0.39 is 5.97 Å². The summed E-state index contributed by atoms with van der Waals surface area (Å²) in [5, 5.41) is 8.86. The number of hydrogen-bond donors (Lipinski definition) is 1. The minimum atomic E-state index is -0.698. The third kappa shape index (κ3) is 45.1. The van der Waals surface area contributed by atoms with E-state index in [4.69, 9.17) is 9.84 Å². The number of unbranched alkanes of at least 4 members (excludes halogenated alkanes) is 35. The summed E-state index contributed by atoms with van der Waals surface area (Å²) in [4.78, 5) is 23.5. The largest absolute Gasteiger partial charge is 0.481 e. The molecule has 0 aliphatic carbocycles. The summed E-state index contributed by atoms with van der Waals surface area (Å²) in [6, 6.07) is 0. The Hall–Kier alpha value is -1.32. The zero-order chi connectivity index (χ0) is 39.3. The number of hydrogen-bond acceptors (Lipinski definition) is 3. The quantitative estimate of drug-likeness (QED) is 0.0381. The topological polar surface area (TPSA) is 63.6 Å². The molecule has 0 spiro atoms. The Morgan fingerprint density at radius 1 is 0.389 bits per heavy atom. The van der Waals surface area contributed by atoms with Gasteiger partial charge >= 0.3 is 11.9 Å². The van der Waals surface area contributed by atoms with Crippen molar-refractivity contribution in [3.8, 4) is 0 Å². The normalized spacial score (nSPS) is 12.2. The van der Waals surface area contributed by atoms with Crippen LogP contribution in [0.3, 0.4) is 0 Å². The van der Waals surface area contributed by atoms with Gasteiger partial charge in [0, 0.05) is 12.8 Å². The first-order valence-electron chi connectivity index (χ1n) is 24.7. The highest BCUT2D eigenvalue weighted by atomic mass is 16.5. The molecule has 0 aliphatic rings. The number of allylic oxidation sites excluding steroid dienone is 2. The predicted molar refractivity (Wildman–Crippen MR) is 237 cm³/mol. The molecule has 0 saturated heterocycles. The summed E-state index contributed by atoms with van der Waals surface area (Å²) in [7, 11) is 0. The second kappa shape index (κ2) is 46.1. The molecule has 0 aliphatic heterocycles. The number of carbonyl (C=O) groups excluding carboxylic acids is 1. The monoisotopic (exact) mass is 761 g/mol. The molecular weight excluding hydrogens is 665 g/mol. The van der Waals surface area contributed by atoms with Crippen molar-refractivity contribution < 1.29 is 19.4 Å². The molecule has 0 aromatic carbocycles. The zero-order valence-electron chi connectivity index (χ0n) is 36.8. The van der Waals surface area contributed by atoms with Crippen LogP contribution in [0, 0.1) is 0 Å². The molecule has 0 aromatic heterocycles. The Kier molecular flexibility index (Phi) is 44.9. The number of ether oxygens (including phenoxy) is 1. The molecule has 0 rings (SSSR count). The van der Waals surface area contributed by atoms with Crippen LogP contribution in [0.25, 0.3) is 0 Å². The lowest BCUT2D eigenvalue weighted by Crippen LogP contribution is -2.18. The second-order valence-electron chi connectivity index (χ2n) is 17.0. The molecular formula is C50H96O4. The lowest BCUT2D eigenvalue weighted by molar-refractivity contribution is -0.150. The Balaban J connectivity index is 3.91. The molecule has 54 heavy (non-hydrogen) atoms. The summed E-state index contributed by atoms with van der Waals surface area (Å²) in [6.45, 7) is 4.58. The average molecular weight is 761 g/mol. The number of aliphatic carboxylic acids is 1. The molecule has 0 amide bonds. The van der Waals surface area contributed by atoms with E-state index in [0.717, 1.165) is 70.6 Å². The van der Waals surface area contributed by atoms with E-state index in [9.17, 15) is 9.59 Å². The number of carboxylic acid groups (broad SMARTS) is 1. The van der Waals surface area contributed by atoms with Gasteiger partial charge in [0.05, 0.1) is 0 Å². The Morgan fingerprint density at radius 2 is 0.667 bits per heavy atom. The van der Waals surface area contributed by atoms with Crippen LogP contribution >= 0.6 is 0 Å². The standard InChI is InChI=1S/C50H96O4/c1-3-5-7-9-11-13-15-17-19-20-21-22-23-24-26-28-30-32-34-39-43-47-50(53)54-48(45-41-37-35-38-42-46-49(51)52)44-40-36-33-31-29-27-25-18-16-14-12-10-8-6-4-2/h27,29,48H,3-26,28,30-47H2,1-2H3,(H,51,52)/b29-27-. The number of rotatable bonds is 46. The number of esters is 1. The minimum Gasteiger partial charge on any atom is -0.481 e. The van der Waals surface area contributed by atoms with Gasteiger partial charge in [-0.25, -0.2) is 0 Å². The zero-order valence-corrected chi connectivity index (χ0v) is 36.8. The van der Waals surface area contributed by atoms with Crippen molar-refractivity contribution >= 4 is 11.9 Å². The van der Waals surface area contributed by atoms with Crippen LogP contribution in [-0.2, 0) is 14.3 Å². The highest BCUT2D eigenvalue weighted by molar-refractivity contribution is 5.69.